The van der Waals surface area contributed by atoms with Crippen molar-refractivity contribution in [3.05, 3.63) is 52.2 Å². The predicted octanol–water partition coefficient (Wildman–Crippen LogP) is 2.93. The quantitative estimate of drug-likeness (QED) is 0.661. The Kier molecular flexibility index (Phi) is 5.07. The molecule has 0 spiro atoms. The summed E-state index contributed by atoms with van der Waals surface area (Å²) >= 11 is 2.97. The summed E-state index contributed by atoms with van der Waals surface area (Å²) in [7, 11) is 0. The maximum atomic E-state index is 12.3. The van der Waals surface area contributed by atoms with Gasteiger partial charge in [-0.3, -0.25) is 9.59 Å². The number of hydrogen-bond donors (Lipinski definition) is 2. The zero-order valence-corrected chi connectivity index (χ0v) is 14.5. The molecule has 2 N–H and O–H groups in total. The van der Waals surface area contributed by atoms with Gasteiger partial charge in [-0.1, -0.05) is 6.07 Å². The molecule has 0 atom stereocenters. The number of thiophene rings is 1. The molecule has 0 radical (unpaired) electrons. The van der Waals surface area contributed by atoms with Crippen LogP contribution < -0.4 is 10.6 Å². The molecular formula is C16H15N3O3S2. The Hall–Kier alpha value is -2.45. The highest BCUT2D eigenvalue weighted by atomic mass is 32.1. The fourth-order valence-corrected chi connectivity index (χ4v) is 3.82. The second-order valence-corrected chi connectivity index (χ2v) is 6.85. The van der Waals surface area contributed by atoms with E-state index in [1.807, 2.05) is 24.4 Å². The van der Waals surface area contributed by atoms with Crippen LogP contribution in [0.2, 0.25) is 0 Å². The number of carbonyl (C=O) groups excluding carboxylic acids is 2. The SMILES string of the molecule is Cc1nc(-c2cccs2)sc1C(=O)NCCNC(=O)c1ccco1. The minimum atomic E-state index is -0.303. The molecule has 0 saturated carbocycles. The maximum Gasteiger partial charge on any atom is 0.287 e. The minimum Gasteiger partial charge on any atom is -0.459 e. The molecule has 0 aliphatic heterocycles. The molecule has 8 heteroatoms. The van der Waals surface area contributed by atoms with Gasteiger partial charge in [0.15, 0.2) is 5.76 Å². The summed E-state index contributed by atoms with van der Waals surface area (Å²) < 4.78 is 4.99. The standard InChI is InChI=1S/C16H15N3O3S2/c1-10-13(24-16(19-10)12-5-3-9-23-12)15(21)18-7-6-17-14(20)11-4-2-8-22-11/h2-5,8-9H,6-7H2,1H3,(H,17,20)(H,18,21). The lowest BCUT2D eigenvalue weighted by Gasteiger charge is -2.05. The van der Waals surface area contributed by atoms with Gasteiger partial charge >= 0.3 is 0 Å². The van der Waals surface area contributed by atoms with Crippen LogP contribution in [0, 0.1) is 6.92 Å². The van der Waals surface area contributed by atoms with Crippen LogP contribution >= 0.6 is 22.7 Å². The second-order valence-electron chi connectivity index (χ2n) is 4.90. The van der Waals surface area contributed by atoms with Gasteiger partial charge in [0.1, 0.15) is 9.88 Å². The third kappa shape index (κ3) is 3.72. The molecule has 6 nitrogen and oxygen atoms in total. The molecule has 0 aliphatic carbocycles. The number of rotatable bonds is 6. The van der Waals surface area contributed by atoms with Gasteiger partial charge in [0.2, 0.25) is 0 Å². The molecule has 24 heavy (non-hydrogen) atoms. The lowest BCUT2D eigenvalue weighted by molar-refractivity contribution is 0.0911. The predicted molar refractivity (Wildman–Crippen MR) is 93.5 cm³/mol. The fraction of sp³-hybridized carbons (Fsp3) is 0.188. The van der Waals surface area contributed by atoms with Crippen LogP contribution in [0.5, 0.6) is 0 Å². The van der Waals surface area contributed by atoms with Crippen LogP contribution in [-0.2, 0) is 0 Å². The number of carbonyl (C=O) groups is 2. The van der Waals surface area contributed by atoms with E-state index in [0.717, 1.165) is 9.88 Å². The molecule has 0 fully saturated rings. The third-order valence-electron chi connectivity index (χ3n) is 3.18. The van der Waals surface area contributed by atoms with Gasteiger partial charge in [0.05, 0.1) is 16.8 Å². The smallest absolute Gasteiger partial charge is 0.287 e. The molecule has 124 valence electrons. The van der Waals surface area contributed by atoms with Crippen molar-refractivity contribution in [2.45, 2.75) is 6.92 Å². The summed E-state index contributed by atoms with van der Waals surface area (Å²) in [5.74, 6) is -0.233. The van der Waals surface area contributed by atoms with Crippen LogP contribution in [0.4, 0.5) is 0 Å². The molecule has 3 rings (SSSR count). The van der Waals surface area contributed by atoms with E-state index in [0.29, 0.717) is 23.7 Å². The van der Waals surface area contributed by atoms with E-state index in [2.05, 4.69) is 15.6 Å². The van der Waals surface area contributed by atoms with Gasteiger partial charge < -0.3 is 15.1 Å². The highest BCUT2D eigenvalue weighted by Crippen LogP contribution is 2.30. The summed E-state index contributed by atoms with van der Waals surface area (Å²) in [5, 5.41) is 8.29. The molecule has 3 aromatic heterocycles. The number of nitrogens with zero attached hydrogens (tertiary/aromatic N) is 1. The van der Waals surface area contributed by atoms with Crippen molar-refractivity contribution in [1.82, 2.24) is 15.6 Å². The average Bonchev–Trinajstić information content (AvgIpc) is 3.31. The first-order valence-electron chi connectivity index (χ1n) is 7.26. The number of nitrogens with one attached hydrogen (secondary N) is 2. The van der Waals surface area contributed by atoms with E-state index >= 15 is 0 Å². The Labute approximate surface area is 146 Å². The Morgan fingerprint density at radius 3 is 2.62 bits per heavy atom. The van der Waals surface area contributed by atoms with Gasteiger partial charge in [-0.25, -0.2) is 4.98 Å². The van der Waals surface area contributed by atoms with Crippen molar-refractivity contribution >= 4 is 34.5 Å². The van der Waals surface area contributed by atoms with Crippen molar-refractivity contribution in [2.24, 2.45) is 0 Å². The monoisotopic (exact) mass is 361 g/mol. The molecule has 3 aromatic rings. The Balaban J connectivity index is 1.51. The van der Waals surface area contributed by atoms with Crippen molar-refractivity contribution < 1.29 is 14.0 Å². The molecule has 0 aliphatic rings. The number of aryl methyl sites for hydroxylation is 1. The molecule has 2 amide bonds. The van der Waals surface area contributed by atoms with Crippen LogP contribution in [0.1, 0.15) is 25.9 Å². The third-order valence-corrected chi connectivity index (χ3v) is 5.37. The van der Waals surface area contributed by atoms with Gasteiger partial charge in [-0.2, -0.15) is 0 Å². The molecule has 0 bridgehead atoms. The van der Waals surface area contributed by atoms with Gasteiger partial charge in [-0.05, 0) is 30.5 Å². The molecule has 0 unspecified atom stereocenters. The number of aromatic nitrogens is 1. The summed E-state index contributed by atoms with van der Waals surface area (Å²) in [5.41, 5.74) is 0.709. The Morgan fingerprint density at radius 2 is 1.96 bits per heavy atom. The normalized spacial score (nSPS) is 10.5. The summed E-state index contributed by atoms with van der Waals surface area (Å²) in [6.07, 6.45) is 1.44. The number of amides is 2. The maximum absolute atomic E-state index is 12.3. The van der Waals surface area contributed by atoms with Crippen LogP contribution in [0.25, 0.3) is 9.88 Å². The van der Waals surface area contributed by atoms with Gasteiger partial charge in [0.25, 0.3) is 11.8 Å². The summed E-state index contributed by atoms with van der Waals surface area (Å²) in [6.45, 7) is 2.47. The number of hydrogen-bond acceptors (Lipinski definition) is 6. The van der Waals surface area contributed by atoms with Crippen LogP contribution in [0.3, 0.4) is 0 Å². The van der Waals surface area contributed by atoms with Crippen molar-refractivity contribution in [3.8, 4) is 9.88 Å². The van der Waals surface area contributed by atoms with Crippen molar-refractivity contribution in [2.75, 3.05) is 13.1 Å². The average molecular weight is 361 g/mol. The van der Waals surface area contributed by atoms with Crippen LogP contribution in [0.15, 0.2) is 40.3 Å². The number of thiazole rings is 1. The minimum absolute atomic E-state index is 0.181. The first-order chi connectivity index (χ1) is 11.6. The highest BCUT2D eigenvalue weighted by Gasteiger charge is 2.16. The van der Waals surface area contributed by atoms with Crippen molar-refractivity contribution in [3.63, 3.8) is 0 Å². The number of furan rings is 1. The van der Waals surface area contributed by atoms with E-state index < -0.39 is 0 Å². The molecule has 0 aromatic carbocycles. The lowest BCUT2D eigenvalue weighted by atomic mass is 10.3. The molecular weight excluding hydrogens is 346 g/mol. The fourth-order valence-electron chi connectivity index (χ4n) is 2.04. The Morgan fingerprint density at radius 1 is 1.17 bits per heavy atom. The Bertz CT molecular complexity index is 823. The first-order valence-corrected chi connectivity index (χ1v) is 8.96. The van der Waals surface area contributed by atoms with E-state index in [9.17, 15) is 9.59 Å². The van der Waals surface area contributed by atoms with E-state index in [4.69, 9.17) is 4.42 Å². The zero-order valence-electron chi connectivity index (χ0n) is 12.9. The topological polar surface area (TPSA) is 84.2 Å². The van der Waals surface area contributed by atoms with E-state index in [-0.39, 0.29) is 17.6 Å². The molecule has 3 heterocycles. The van der Waals surface area contributed by atoms with Crippen LogP contribution in [-0.4, -0.2) is 29.9 Å². The summed E-state index contributed by atoms with van der Waals surface area (Å²) in [4.78, 5) is 30.0. The van der Waals surface area contributed by atoms with Gasteiger partial charge in [-0.15, -0.1) is 22.7 Å². The molecule has 0 saturated heterocycles. The second kappa shape index (κ2) is 7.41. The van der Waals surface area contributed by atoms with E-state index in [1.165, 1.54) is 17.6 Å². The first kappa shape index (κ1) is 16.4. The zero-order chi connectivity index (χ0) is 16.9. The van der Waals surface area contributed by atoms with Crippen molar-refractivity contribution in [1.29, 1.82) is 0 Å². The lowest BCUT2D eigenvalue weighted by Crippen LogP contribution is -2.34. The largest absolute Gasteiger partial charge is 0.459 e. The highest BCUT2D eigenvalue weighted by molar-refractivity contribution is 7.22. The summed E-state index contributed by atoms with van der Waals surface area (Å²) in [6, 6.07) is 7.17. The van der Waals surface area contributed by atoms with Gasteiger partial charge in [0, 0.05) is 13.1 Å². The van der Waals surface area contributed by atoms with E-state index in [1.54, 1.807) is 23.5 Å².